The van der Waals surface area contributed by atoms with Gasteiger partial charge in [-0.25, -0.2) is 4.98 Å². The van der Waals surface area contributed by atoms with Gasteiger partial charge in [-0.05, 0) is 19.1 Å². The number of nitrogens with one attached hydrogen (secondary N) is 1. The van der Waals surface area contributed by atoms with E-state index in [9.17, 15) is 0 Å². The van der Waals surface area contributed by atoms with Gasteiger partial charge in [0.2, 0.25) is 10.7 Å². The number of hydrogen-bond donors (Lipinski definition) is 2. The zero-order valence-corrected chi connectivity index (χ0v) is 8.95. The number of thiazole rings is 1. The molecule has 2 aromatic heterocycles. The Kier molecular flexibility index (Phi) is 2.26. The van der Waals surface area contributed by atoms with Crippen molar-refractivity contribution in [2.24, 2.45) is 0 Å². The second-order valence-corrected chi connectivity index (χ2v) is 4.04. The minimum atomic E-state index is 0.224. The summed E-state index contributed by atoms with van der Waals surface area (Å²) >= 11 is 6.39. The zero-order chi connectivity index (χ0) is 10.1. The Morgan fingerprint density at radius 2 is 2.21 bits per heavy atom. The van der Waals surface area contributed by atoms with Gasteiger partial charge in [-0.3, -0.25) is 0 Å². The molecule has 7 heteroatoms. The lowest BCUT2D eigenvalue weighted by Crippen LogP contribution is -1.99. The fourth-order valence-corrected chi connectivity index (χ4v) is 1.78. The number of nitrogens with two attached hydrogens (primary N) is 1. The summed E-state index contributed by atoms with van der Waals surface area (Å²) < 4.78 is 0.224. The topological polar surface area (TPSA) is 80.5 Å². The van der Waals surface area contributed by atoms with Gasteiger partial charge < -0.3 is 10.7 Å². The highest BCUT2D eigenvalue weighted by Crippen LogP contribution is 2.17. The maximum atomic E-state index is 5.51. The smallest absolute Gasteiger partial charge is 0.224 e. The van der Waals surface area contributed by atoms with Gasteiger partial charge in [0, 0.05) is 5.38 Å². The maximum Gasteiger partial charge on any atom is 0.224 e. The van der Waals surface area contributed by atoms with Gasteiger partial charge in [-0.1, -0.05) is 0 Å². The molecule has 0 fully saturated rings. The first kappa shape index (κ1) is 9.22. The molecule has 0 aliphatic carbocycles. The predicted octanol–water partition coefficient (Wildman–Crippen LogP) is 1.55. The van der Waals surface area contributed by atoms with Crippen LogP contribution in [0.2, 0.25) is 0 Å². The third-order valence-electron chi connectivity index (χ3n) is 1.53. The van der Waals surface area contributed by atoms with Gasteiger partial charge >= 0.3 is 0 Å². The van der Waals surface area contributed by atoms with Crippen LogP contribution in [0.25, 0.3) is 11.5 Å². The van der Waals surface area contributed by atoms with Crippen LogP contribution in [0.1, 0.15) is 5.01 Å². The van der Waals surface area contributed by atoms with Crippen LogP contribution in [0.5, 0.6) is 0 Å². The first-order valence-corrected chi connectivity index (χ1v) is 5.10. The Balaban J connectivity index is 2.56. The molecule has 0 radical (unpaired) electrons. The fraction of sp³-hybridized carbons (Fsp3) is 0.143. The molecule has 0 unspecified atom stereocenters. The van der Waals surface area contributed by atoms with E-state index in [1.807, 2.05) is 12.3 Å². The second kappa shape index (κ2) is 3.43. The molecular formula is C7H7N5S2. The molecule has 0 bridgehead atoms. The quantitative estimate of drug-likeness (QED) is 0.720. The Hall–Kier alpha value is -1.34. The van der Waals surface area contributed by atoms with Crippen molar-refractivity contribution in [1.82, 2.24) is 19.9 Å². The van der Waals surface area contributed by atoms with Crippen molar-refractivity contribution in [3.8, 4) is 11.5 Å². The number of aromatic nitrogens is 4. The molecule has 0 aliphatic heterocycles. The Bertz CT molecular complexity index is 515. The van der Waals surface area contributed by atoms with Crippen molar-refractivity contribution in [2.45, 2.75) is 6.92 Å². The van der Waals surface area contributed by atoms with Crippen LogP contribution in [0.4, 0.5) is 5.95 Å². The number of nitrogen functional groups attached to an aromatic ring is 1. The zero-order valence-electron chi connectivity index (χ0n) is 7.31. The number of nitrogens with zero attached hydrogens (tertiary/aromatic N) is 3. The molecule has 0 aliphatic rings. The van der Waals surface area contributed by atoms with Gasteiger partial charge in [-0.15, -0.1) is 11.3 Å². The van der Waals surface area contributed by atoms with Crippen molar-refractivity contribution in [2.75, 3.05) is 5.73 Å². The van der Waals surface area contributed by atoms with E-state index >= 15 is 0 Å². The lowest BCUT2D eigenvalue weighted by molar-refractivity contribution is 1.04. The lowest BCUT2D eigenvalue weighted by atomic mass is 10.4. The SMILES string of the molecule is Cc1nc(-c2nc(=S)nc(N)[nH]2)cs1. The number of rotatable bonds is 1. The average molecular weight is 225 g/mol. The molecular weight excluding hydrogens is 218 g/mol. The third kappa shape index (κ3) is 1.78. The fourth-order valence-electron chi connectivity index (χ4n) is 0.994. The van der Waals surface area contributed by atoms with Crippen molar-refractivity contribution in [3.05, 3.63) is 15.2 Å². The molecule has 0 aromatic carbocycles. The minimum Gasteiger partial charge on any atom is -0.369 e. The van der Waals surface area contributed by atoms with E-state index < -0.39 is 0 Å². The molecule has 2 heterocycles. The van der Waals surface area contributed by atoms with Gasteiger partial charge in [0.25, 0.3) is 0 Å². The van der Waals surface area contributed by atoms with Crippen LogP contribution in [0.15, 0.2) is 5.38 Å². The maximum absolute atomic E-state index is 5.51. The van der Waals surface area contributed by atoms with Crippen molar-refractivity contribution in [1.29, 1.82) is 0 Å². The summed E-state index contributed by atoms with van der Waals surface area (Å²) in [4.78, 5) is 14.9. The molecule has 72 valence electrons. The van der Waals surface area contributed by atoms with Crippen LogP contribution in [0.3, 0.4) is 0 Å². The van der Waals surface area contributed by atoms with Crippen molar-refractivity contribution < 1.29 is 0 Å². The standard InChI is InChI=1S/C7H7N5S2/c1-3-9-4(2-14-3)5-10-6(8)12-7(13)11-5/h2H,1H3,(H3,8,10,11,12,13). The van der Waals surface area contributed by atoms with E-state index in [2.05, 4.69) is 19.9 Å². The van der Waals surface area contributed by atoms with Gasteiger partial charge in [0.05, 0.1) is 5.01 Å². The molecule has 0 amide bonds. The van der Waals surface area contributed by atoms with E-state index in [1.165, 1.54) is 0 Å². The second-order valence-electron chi connectivity index (χ2n) is 2.62. The molecule has 0 saturated heterocycles. The van der Waals surface area contributed by atoms with E-state index in [0.29, 0.717) is 5.82 Å². The molecule has 2 aromatic rings. The monoisotopic (exact) mass is 225 g/mol. The number of anilines is 1. The Morgan fingerprint density at radius 1 is 1.43 bits per heavy atom. The Morgan fingerprint density at radius 3 is 2.79 bits per heavy atom. The van der Waals surface area contributed by atoms with E-state index in [-0.39, 0.29) is 10.7 Å². The lowest BCUT2D eigenvalue weighted by Gasteiger charge is -1.97. The van der Waals surface area contributed by atoms with Crippen molar-refractivity contribution in [3.63, 3.8) is 0 Å². The minimum absolute atomic E-state index is 0.224. The normalized spacial score (nSPS) is 10.4. The molecule has 5 nitrogen and oxygen atoms in total. The van der Waals surface area contributed by atoms with Crippen LogP contribution < -0.4 is 5.73 Å². The predicted molar refractivity (Wildman–Crippen MR) is 57.5 cm³/mol. The average Bonchev–Trinajstić information content (AvgIpc) is 2.50. The number of hydrogen-bond acceptors (Lipinski definition) is 6. The van der Waals surface area contributed by atoms with Gasteiger partial charge in [0.1, 0.15) is 5.69 Å². The summed E-state index contributed by atoms with van der Waals surface area (Å²) in [6.45, 7) is 1.92. The molecule has 3 N–H and O–H groups in total. The van der Waals surface area contributed by atoms with Crippen LogP contribution in [0, 0.1) is 11.7 Å². The summed E-state index contributed by atoms with van der Waals surface area (Å²) in [6.07, 6.45) is 0. The van der Waals surface area contributed by atoms with Gasteiger partial charge in [0.15, 0.2) is 5.82 Å². The van der Waals surface area contributed by atoms with Crippen LogP contribution in [-0.2, 0) is 0 Å². The third-order valence-corrected chi connectivity index (χ3v) is 2.49. The largest absolute Gasteiger partial charge is 0.369 e. The summed E-state index contributed by atoms with van der Waals surface area (Å²) in [5.41, 5.74) is 6.25. The first-order valence-electron chi connectivity index (χ1n) is 3.81. The number of aromatic amines is 1. The van der Waals surface area contributed by atoms with E-state index in [1.54, 1.807) is 11.3 Å². The van der Waals surface area contributed by atoms with Crippen LogP contribution >= 0.6 is 23.6 Å². The highest BCUT2D eigenvalue weighted by atomic mass is 32.1. The highest BCUT2D eigenvalue weighted by molar-refractivity contribution is 7.71. The Labute approximate surface area is 89.1 Å². The summed E-state index contributed by atoms with van der Waals surface area (Å²) in [6, 6.07) is 0. The van der Waals surface area contributed by atoms with E-state index in [0.717, 1.165) is 10.7 Å². The molecule has 0 atom stereocenters. The number of aryl methyl sites for hydroxylation is 1. The highest BCUT2D eigenvalue weighted by Gasteiger charge is 2.04. The summed E-state index contributed by atoms with van der Waals surface area (Å²) in [5, 5.41) is 2.86. The number of H-pyrrole nitrogens is 1. The van der Waals surface area contributed by atoms with Gasteiger partial charge in [-0.2, -0.15) is 9.97 Å². The first-order chi connectivity index (χ1) is 6.65. The van der Waals surface area contributed by atoms with Crippen molar-refractivity contribution >= 4 is 29.5 Å². The van der Waals surface area contributed by atoms with Crippen LogP contribution in [-0.4, -0.2) is 19.9 Å². The summed E-state index contributed by atoms with van der Waals surface area (Å²) in [7, 11) is 0. The molecule has 2 rings (SSSR count). The molecule has 0 saturated carbocycles. The van der Waals surface area contributed by atoms with E-state index in [4.69, 9.17) is 18.0 Å². The summed E-state index contributed by atoms with van der Waals surface area (Å²) in [5.74, 6) is 0.817. The molecule has 14 heavy (non-hydrogen) atoms. The molecule has 0 spiro atoms.